The third-order valence-corrected chi connectivity index (χ3v) is 8.42. The van der Waals surface area contributed by atoms with Crippen LogP contribution in [0.4, 0.5) is 23.7 Å². The predicted octanol–water partition coefficient (Wildman–Crippen LogP) is 2.78. The number of ether oxygens (including phenoxy) is 1. The van der Waals surface area contributed by atoms with E-state index in [4.69, 9.17) is 10.00 Å². The fraction of sp³-hybridized carbons (Fsp3) is 0.400. The maximum Gasteiger partial charge on any atom is 0.416 e. The summed E-state index contributed by atoms with van der Waals surface area (Å²) in [7, 11) is -4.18. The molecule has 0 aromatic heterocycles. The van der Waals surface area contributed by atoms with Gasteiger partial charge in [0.2, 0.25) is 15.9 Å². The van der Waals surface area contributed by atoms with E-state index in [1.54, 1.807) is 0 Å². The van der Waals surface area contributed by atoms with Gasteiger partial charge in [0.25, 0.3) is 0 Å². The first kappa shape index (κ1) is 28.3. The molecule has 2 aliphatic rings. The van der Waals surface area contributed by atoms with Crippen molar-refractivity contribution in [1.82, 2.24) is 14.5 Å². The van der Waals surface area contributed by atoms with Crippen LogP contribution in [0.3, 0.4) is 0 Å². The van der Waals surface area contributed by atoms with E-state index in [9.17, 15) is 31.2 Å². The number of amides is 3. The third-order valence-electron chi connectivity index (χ3n) is 6.50. The maximum absolute atomic E-state index is 13.5. The van der Waals surface area contributed by atoms with Crippen molar-refractivity contribution in [2.24, 2.45) is 0 Å². The quantitative estimate of drug-likeness (QED) is 0.554. The second-order valence-electron chi connectivity index (χ2n) is 9.10. The summed E-state index contributed by atoms with van der Waals surface area (Å²) < 4.78 is 72.0. The van der Waals surface area contributed by atoms with Gasteiger partial charge in [-0.05, 0) is 61.4 Å². The highest BCUT2D eigenvalue weighted by molar-refractivity contribution is 7.89. The SMILES string of the molecule is N#Cc1ccc(S(=O)(=O)N2CCN(C(=O)Nc3ccc(C(F)(F)F)cc3)CC2C(=O)NCC2CCCO2)cc1. The Bertz CT molecular complexity index is 1340. The smallest absolute Gasteiger partial charge is 0.376 e. The summed E-state index contributed by atoms with van der Waals surface area (Å²) in [5.41, 5.74) is -0.491. The van der Waals surface area contributed by atoms with Crippen molar-refractivity contribution < 1.29 is 35.9 Å². The number of carbonyl (C=O) groups is 2. The lowest BCUT2D eigenvalue weighted by atomic mass is 10.2. The first-order valence-corrected chi connectivity index (χ1v) is 13.6. The molecule has 3 amide bonds. The number of hydrogen-bond acceptors (Lipinski definition) is 6. The fourth-order valence-electron chi connectivity index (χ4n) is 4.37. The van der Waals surface area contributed by atoms with Crippen LogP contribution >= 0.6 is 0 Å². The van der Waals surface area contributed by atoms with Crippen LogP contribution in [0.15, 0.2) is 53.4 Å². The summed E-state index contributed by atoms with van der Waals surface area (Å²) in [6.45, 7) is 0.177. The van der Waals surface area contributed by atoms with Crippen molar-refractivity contribution in [2.45, 2.75) is 36.1 Å². The predicted molar refractivity (Wildman–Crippen MR) is 133 cm³/mol. The molecule has 0 radical (unpaired) electrons. The first-order chi connectivity index (χ1) is 18.5. The third kappa shape index (κ3) is 6.67. The molecule has 2 fully saturated rings. The van der Waals surface area contributed by atoms with Gasteiger partial charge in [-0.15, -0.1) is 0 Å². The molecule has 2 atom stereocenters. The number of halogens is 3. The van der Waals surface area contributed by atoms with Crippen LogP contribution in [0.1, 0.15) is 24.0 Å². The molecule has 2 aromatic carbocycles. The van der Waals surface area contributed by atoms with E-state index in [1.807, 2.05) is 6.07 Å². The molecule has 0 aliphatic carbocycles. The van der Waals surface area contributed by atoms with E-state index in [2.05, 4.69) is 10.6 Å². The number of rotatable bonds is 6. The zero-order chi connectivity index (χ0) is 28.2. The highest BCUT2D eigenvalue weighted by Gasteiger charge is 2.41. The molecule has 2 aromatic rings. The van der Waals surface area contributed by atoms with Crippen LogP contribution in [0.2, 0.25) is 0 Å². The van der Waals surface area contributed by atoms with E-state index in [0.29, 0.717) is 6.61 Å². The average Bonchev–Trinajstić information content (AvgIpc) is 3.45. The molecule has 4 rings (SSSR count). The van der Waals surface area contributed by atoms with Crippen molar-refractivity contribution in [2.75, 3.05) is 38.1 Å². The molecule has 2 saturated heterocycles. The Hall–Kier alpha value is -3.67. The minimum Gasteiger partial charge on any atom is -0.376 e. The van der Waals surface area contributed by atoms with Gasteiger partial charge >= 0.3 is 12.2 Å². The van der Waals surface area contributed by atoms with Crippen LogP contribution in [-0.4, -0.2) is 74.5 Å². The van der Waals surface area contributed by atoms with Crippen LogP contribution in [0, 0.1) is 11.3 Å². The Labute approximate surface area is 223 Å². The van der Waals surface area contributed by atoms with Gasteiger partial charge in [-0.2, -0.15) is 22.7 Å². The number of urea groups is 1. The maximum atomic E-state index is 13.5. The van der Waals surface area contributed by atoms with Crippen LogP contribution < -0.4 is 10.6 Å². The number of sulfonamides is 1. The summed E-state index contributed by atoms with van der Waals surface area (Å²) in [6, 6.07) is 9.09. The molecule has 39 heavy (non-hydrogen) atoms. The van der Waals surface area contributed by atoms with E-state index >= 15 is 0 Å². The number of nitriles is 1. The number of nitrogens with zero attached hydrogens (tertiary/aromatic N) is 3. The molecule has 2 N–H and O–H groups in total. The molecule has 0 bridgehead atoms. The highest BCUT2D eigenvalue weighted by atomic mass is 32.2. The van der Waals surface area contributed by atoms with E-state index in [-0.39, 0.29) is 48.4 Å². The Morgan fingerprint density at radius 2 is 1.77 bits per heavy atom. The topological polar surface area (TPSA) is 132 Å². The molecule has 2 aliphatic heterocycles. The van der Waals surface area contributed by atoms with E-state index < -0.39 is 39.7 Å². The summed E-state index contributed by atoms with van der Waals surface area (Å²) in [5, 5.41) is 14.2. The minimum absolute atomic E-state index is 0.0719. The number of nitrogens with one attached hydrogen (secondary N) is 2. The second kappa shape index (κ2) is 11.6. The Kier molecular flexibility index (Phi) is 8.43. The van der Waals surface area contributed by atoms with Gasteiger partial charge in [0.15, 0.2) is 0 Å². The lowest BCUT2D eigenvalue weighted by molar-refractivity contribution is -0.137. The van der Waals surface area contributed by atoms with E-state index in [1.165, 1.54) is 29.2 Å². The monoisotopic (exact) mass is 565 g/mol. The van der Waals surface area contributed by atoms with Crippen molar-refractivity contribution in [3.63, 3.8) is 0 Å². The molecule has 0 saturated carbocycles. The molecule has 2 heterocycles. The molecular weight excluding hydrogens is 539 g/mol. The van der Waals surface area contributed by atoms with Gasteiger partial charge in [-0.3, -0.25) is 4.79 Å². The van der Waals surface area contributed by atoms with Gasteiger partial charge in [0.1, 0.15) is 6.04 Å². The van der Waals surface area contributed by atoms with Gasteiger partial charge in [0, 0.05) is 38.5 Å². The zero-order valence-electron chi connectivity index (χ0n) is 20.6. The number of carbonyl (C=O) groups excluding carboxylic acids is 2. The van der Waals surface area contributed by atoms with Crippen molar-refractivity contribution >= 4 is 27.6 Å². The number of hydrogen-bond donors (Lipinski definition) is 2. The largest absolute Gasteiger partial charge is 0.416 e. The first-order valence-electron chi connectivity index (χ1n) is 12.1. The Morgan fingerprint density at radius 1 is 1.08 bits per heavy atom. The van der Waals surface area contributed by atoms with Gasteiger partial charge in [-0.1, -0.05) is 0 Å². The van der Waals surface area contributed by atoms with Crippen LogP contribution in [0.25, 0.3) is 0 Å². The summed E-state index contributed by atoms with van der Waals surface area (Å²) in [4.78, 5) is 27.3. The van der Waals surface area contributed by atoms with Gasteiger partial charge < -0.3 is 20.3 Å². The summed E-state index contributed by atoms with van der Waals surface area (Å²) >= 11 is 0. The van der Waals surface area contributed by atoms with Crippen LogP contribution in [0.5, 0.6) is 0 Å². The number of anilines is 1. The standard InChI is InChI=1S/C25H26F3N5O5S/c26-25(27,28)18-5-7-19(8-6-18)31-24(35)32-11-12-33(39(36,37)21-9-3-17(14-29)4-10-21)22(16-32)23(34)30-15-20-2-1-13-38-20/h3-10,20,22H,1-2,11-13,15-16H2,(H,30,34)(H,31,35). The Balaban J connectivity index is 1.52. The second-order valence-corrected chi connectivity index (χ2v) is 11.0. The lowest BCUT2D eigenvalue weighted by Crippen LogP contribution is -2.62. The number of alkyl halides is 3. The van der Waals surface area contributed by atoms with Crippen molar-refractivity contribution in [3.05, 3.63) is 59.7 Å². The lowest BCUT2D eigenvalue weighted by Gasteiger charge is -2.39. The molecule has 0 spiro atoms. The molecule has 10 nitrogen and oxygen atoms in total. The van der Waals surface area contributed by atoms with E-state index in [0.717, 1.165) is 41.4 Å². The summed E-state index contributed by atoms with van der Waals surface area (Å²) in [6.07, 6.45) is -3.12. The molecule has 2 unspecified atom stereocenters. The molecular formula is C25H26F3N5O5S. The average molecular weight is 566 g/mol. The fourth-order valence-corrected chi connectivity index (χ4v) is 5.94. The zero-order valence-corrected chi connectivity index (χ0v) is 21.5. The van der Waals surface area contributed by atoms with Crippen LogP contribution in [-0.2, 0) is 25.7 Å². The van der Waals surface area contributed by atoms with Gasteiger partial charge in [-0.25, -0.2) is 13.2 Å². The van der Waals surface area contributed by atoms with Gasteiger partial charge in [0.05, 0.1) is 28.2 Å². The van der Waals surface area contributed by atoms with Crippen molar-refractivity contribution in [1.29, 1.82) is 5.26 Å². The number of benzene rings is 2. The van der Waals surface area contributed by atoms with Crippen molar-refractivity contribution in [3.8, 4) is 6.07 Å². The molecule has 208 valence electrons. The summed E-state index contributed by atoms with van der Waals surface area (Å²) in [5.74, 6) is -0.616. The molecule has 14 heteroatoms. The number of piperazine rings is 1. The Morgan fingerprint density at radius 3 is 2.36 bits per heavy atom. The minimum atomic E-state index is -4.52. The highest BCUT2D eigenvalue weighted by Crippen LogP contribution is 2.30. The normalized spacial score (nSPS) is 20.3.